The van der Waals surface area contributed by atoms with E-state index in [0.29, 0.717) is 7.18 Å². The summed E-state index contributed by atoms with van der Waals surface area (Å²) in [5, 5.41) is 5.41. The van der Waals surface area contributed by atoms with E-state index >= 15 is 0 Å². The third kappa shape index (κ3) is 2.12. The number of hydrogen-bond donors (Lipinski definition) is 0. The Labute approximate surface area is 147 Å². The standard InChI is InChI=1S/C23H18.CH3F/c1-23(2)21-10-6-5-9-18(21)20-14-13-17-16-8-4-3-7-15(16)11-12-19(17)22(20)23;1-2/h3-14H,1-2H3;1H3. The van der Waals surface area contributed by atoms with Crippen molar-refractivity contribution in [1.82, 2.24) is 0 Å². The fourth-order valence-corrected chi connectivity index (χ4v) is 4.38. The van der Waals surface area contributed by atoms with Crippen molar-refractivity contribution in [2.24, 2.45) is 0 Å². The molecule has 0 aromatic heterocycles. The van der Waals surface area contributed by atoms with Gasteiger partial charge in [-0.25, -0.2) is 0 Å². The topological polar surface area (TPSA) is 0 Å². The van der Waals surface area contributed by atoms with Gasteiger partial charge in [0.2, 0.25) is 0 Å². The first-order valence-corrected chi connectivity index (χ1v) is 8.60. The van der Waals surface area contributed by atoms with Crippen LogP contribution < -0.4 is 0 Å². The second kappa shape index (κ2) is 5.70. The summed E-state index contributed by atoms with van der Waals surface area (Å²) in [7, 11) is 0.500. The van der Waals surface area contributed by atoms with Crippen LogP contribution in [-0.2, 0) is 5.41 Å². The summed E-state index contributed by atoms with van der Waals surface area (Å²) in [5.74, 6) is 0. The summed E-state index contributed by atoms with van der Waals surface area (Å²) in [6.07, 6.45) is 0. The van der Waals surface area contributed by atoms with Crippen LogP contribution in [0.15, 0.2) is 72.8 Å². The van der Waals surface area contributed by atoms with Gasteiger partial charge in [-0.2, -0.15) is 0 Å². The second-order valence-corrected chi connectivity index (χ2v) is 7.04. The SMILES string of the molecule is CC1(C)c2ccccc2-c2ccc3c(ccc4ccccc43)c21.CF. The van der Waals surface area contributed by atoms with Crippen molar-refractivity contribution >= 4 is 21.5 Å². The molecule has 124 valence electrons. The van der Waals surface area contributed by atoms with Crippen LogP contribution in [0.2, 0.25) is 0 Å². The van der Waals surface area contributed by atoms with Gasteiger partial charge in [-0.1, -0.05) is 86.6 Å². The Balaban J connectivity index is 0.000000758. The van der Waals surface area contributed by atoms with Gasteiger partial charge in [-0.05, 0) is 43.8 Å². The van der Waals surface area contributed by atoms with E-state index in [0.717, 1.165) is 0 Å². The molecule has 0 spiro atoms. The maximum atomic E-state index is 9.50. The quantitative estimate of drug-likeness (QED) is 0.308. The minimum atomic E-state index is 0.0495. The number of halogens is 1. The van der Waals surface area contributed by atoms with Gasteiger partial charge in [0, 0.05) is 5.41 Å². The average molecular weight is 328 g/mol. The molecule has 0 aliphatic heterocycles. The summed E-state index contributed by atoms with van der Waals surface area (Å²) in [6, 6.07) is 26.7. The van der Waals surface area contributed by atoms with Crippen molar-refractivity contribution in [2.75, 3.05) is 7.18 Å². The zero-order valence-corrected chi connectivity index (χ0v) is 14.8. The Morgan fingerprint density at radius 1 is 0.600 bits per heavy atom. The molecule has 1 aliphatic rings. The van der Waals surface area contributed by atoms with E-state index in [2.05, 4.69) is 86.6 Å². The van der Waals surface area contributed by atoms with Gasteiger partial charge in [0.05, 0.1) is 7.18 Å². The maximum Gasteiger partial charge on any atom is 0.0785 e. The van der Waals surface area contributed by atoms with Crippen molar-refractivity contribution in [2.45, 2.75) is 19.3 Å². The fourth-order valence-electron chi connectivity index (χ4n) is 4.38. The first-order valence-electron chi connectivity index (χ1n) is 8.60. The van der Waals surface area contributed by atoms with Crippen molar-refractivity contribution in [3.63, 3.8) is 0 Å². The predicted molar refractivity (Wildman–Crippen MR) is 106 cm³/mol. The third-order valence-corrected chi connectivity index (χ3v) is 5.44. The Morgan fingerprint density at radius 3 is 2.12 bits per heavy atom. The number of alkyl halides is 1. The molecule has 0 amide bonds. The van der Waals surface area contributed by atoms with Crippen molar-refractivity contribution < 1.29 is 4.39 Å². The minimum Gasteiger partial charge on any atom is -0.255 e. The molecule has 0 radical (unpaired) electrons. The van der Waals surface area contributed by atoms with E-state index in [9.17, 15) is 4.39 Å². The molecular formula is C24H21F. The molecule has 0 saturated heterocycles. The monoisotopic (exact) mass is 328 g/mol. The Hall–Kier alpha value is -2.67. The molecule has 5 rings (SSSR count). The van der Waals surface area contributed by atoms with Crippen LogP contribution in [0.4, 0.5) is 4.39 Å². The summed E-state index contributed by atoms with van der Waals surface area (Å²) in [6.45, 7) is 4.71. The largest absolute Gasteiger partial charge is 0.255 e. The normalized spacial score (nSPS) is 13.9. The summed E-state index contributed by atoms with van der Waals surface area (Å²) in [5.41, 5.74) is 5.75. The summed E-state index contributed by atoms with van der Waals surface area (Å²) in [4.78, 5) is 0. The Kier molecular flexibility index (Phi) is 3.61. The van der Waals surface area contributed by atoms with Gasteiger partial charge in [-0.15, -0.1) is 0 Å². The van der Waals surface area contributed by atoms with Gasteiger partial charge < -0.3 is 0 Å². The number of rotatable bonds is 0. The molecule has 0 nitrogen and oxygen atoms in total. The molecule has 4 aromatic carbocycles. The van der Waals surface area contributed by atoms with Crippen LogP contribution in [0.3, 0.4) is 0 Å². The molecule has 0 unspecified atom stereocenters. The third-order valence-electron chi connectivity index (χ3n) is 5.44. The molecule has 1 heteroatoms. The van der Waals surface area contributed by atoms with E-state index in [1.54, 1.807) is 0 Å². The Bertz CT molecular complexity index is 1090. The number of hydrogen-bond acceptors (Lipinski definition) is 0. The van der Waals surface area contributed by atoms with Crippen LogP contribution >= 0.6 is 0 Å². The fraction of sp³-hybridized carbons (Fsp3) is 0.167. The zero-order valence-electron chi connectivity index (χ0n) is 14.8. The van der Waals surface area contributed by atoms with Gasteiger partial charge >= 0.3 is 0 Å². The van der Waals surface area contributed by atoms with Crippen LogP contribution in [0.5, 0.6) is 0 Å². The predicted octanol–water partition coefficient (Wildman–Crippen LogP) is 6.89. The maximum absolute atomic E-state index is 9.50. The smallest absolute Gasteiger partial charge is 0.0785 e. The van der Waals surface area contributed by atoms with Crippen molar-refractivity contribution in [1.29, 1.82) is 0 Å². The van der Waals surface area contributed by atoms with Crippen molar-refractivity contribution in [3.05, 3.63) is 83.9 Å². The molecule has 0 atom stereocenters. The first-order chi connectivity index (χ1) is 12.2. The summed E-state index contributed by atoms with van der Waals surface area (Å²) >= 11 is 0. The zero-order chi connectivity index (χ0) is 17.6. The van der Waals surface area contributed by atoms with Crippen LogP contribution in [0, 0.1) is 0 Å². The van der Waals surface area contributed by atoms with E-state index in [4.69, 9.17) is 0 Å². The molecule has 25 heavy (non-hydrogen) atoms. The Morgan fingerprint density at radius 2 is 1.28 bits per heavy atom. The molecule has 0 fully saturated rings. The van der Waals surface area contributed by atoms with Gasteiger partial charge in [0.15, 0.2) is 0 Å². The van der Waals surface area contributed by atoms with Crippen molar-refractivity contribution in [3.8, 4) is 11.1 Å². The highest BCUT2D eigenvalue weighted by molar-refractivity contribution is 6.11. The van der Waals surface area contributed by atoms with E-state index in [-0.39, 0.29) is 5.41 Å². The highest BCUT2D eigenvalue weighted by atomic mass is 19.1. The average Bonchev–Trinajstić information content (AvgIpc) is 2.91. The molecule has 0 saturated carbocycles. The highest BCUT2D eigenvalue weighted by Gasteiger charge is 2.36. The minimum absolute atomic E-state index is 0.0495. The lowest BCUT2D eigenvalue weighted by molar-refractivity contribution is 0.636. The van der Waals surface area contributed by atoms with E-state index in [1.807, 2.05) is 0 Å². The van der Waals surface area contributed by atoms with E-state index < -0.39 is 0 Å². The van der Waals surface area contributed by atoms with Gasteiger partial charge in [-0.3, -0.25) is 4.39 Å². The molecule has 4 aromatic rings. The summed E-state index contributed by atoms with van der Waals surface area (Å²) < 4.78 is 9.50. The number of fused-ring (bicyclic) bond motifs is 7. The lowest BCUT2D eigenvalue weighted by atomic mass is 9.80. The lowest BCUT2D eigenvalue weighted by Crippen LogP contribution is -2.15. The van der Waals surface area contributed by atoms with Crippen LogP contribution in [0.25, 0.3) is 32.7 Å². The van der Waals surface area contributed by atoms with Gasteiger partial charge in [0.25, 0.3) is 0 Å². The van der Waals surface area contributed by atoms with Gasteiger partial charge in [0.1, 0.15) is 0 Å². The van der Waals surface area contributed by atoms with Crippen LogP contribution in [-0.4, -0.2) is 7.18 Å². The second-order valence-electron chi connectivity index (χ2n) is 7.04. The lowest BCUT2D eigenvalue weighted by Gasteiger charge is -2.23. The molecule has 0 bridgehead atoms. The molecule has 1 aliphatic carbocycles. The van der Waals surface area contributed by atoms with Crippen LogP contribution in [0.1, 0.15) is 25.0 Å². The molecule has 0 N–H and O–H groups in total. The number of benzene rings is 4. The van der Waals surface area contributed by atoms with E-state index in [1.165, 1.54) is 43.8 Å². The molecular weight excluding hydrogens is 307 g/mol. The molecule has 0 heterocycles. The highest BCUT2D eigenvalue weighted by Crippen LogP contribution is 2.51. The first kappa shape index (κ1) is 15.8.